The lowest BCUT2D eigenvalue weighted by molar-refractivity contribution is 0.0178. The van der Waals surface area contributed by atoms with E-state index in [1.165, 1.54) is 6.07 Å². The Balaban J connectivity index is 1.65. The maximum absolute atomic E-state index is 13.9. The largest absolute Gasteiger partial charge is 0.444 e. The van der Waals surface area contributed by atoms with Crippen molar-refractivity contribution in [3.63, 3.8) is 0 Å². The summed E-state index contributed by atoms with van der Waals surface area (Å²) in [5.74, 6) is -0.336. The van der Waals surface area contributed by atoms with Crippen molar-refractivity contribution < 1.29 is 18.7 Å². The smallest absolute Gasteiger partial charge is 0.410 e. The summed E-state index contributed by atoms with van der Waals surface area (Å²) in [5, 5.41) is 3.10. The zero-order chi connectivity index (χ0) is 23.3. The maximum Gasteiger partial charge on any atom is 0.410 e. The van der Waals surface area contributed by atoms with Crippen molar-refractivity contribution in [3.8, 4) is 0 Å². The van der Waals surface area contributed by atoms with Crippen LogP contribution in [0, 0.1) is 15.3 Å². The van der Waals surface area contributed by atoms with Gasteiger partial charge >= 0.3 is 6.09 Å². The minimum absolute atomic E-state index is 0.191. The normalized spacial score (nSPS) is 15.8. The fourth-order valence-corrected chi connectivity index (χ4v) is 4.19. The van der Waals surface area contributed by atoms with Gasteiger partial charge in [-0.25, -0.2) is 9.18 Å². The summed E-state index contributed by atoms with van der Waals surface area (Å²) in [7, 11) is 0. The van der Waals surface area contributed by atoms with Crippen LogP contribution < -0.4 is 5.32 Å². The third-order valence-corrected chi connectivity index (χ3v) is 6.40. The van der Waals surface area contributed by atoms with Crippen molar-refractivity contribution in [2.24, 2.45) is 5.92 Å². The fraction of sp³-hybridized carbons (Fsp3) is 0.440. The Morgan fingerprint density at radius 2 is 1.81 bits per heavy atom. The highest BCUT2D eigenvalue weighted by molar-refractivity contribution is 14.1. The van der Waals surface area contributed by atoms with Gasteiger partial charge in [0, 0.05) is 22.2 Å². The molecule has 1 aliphatic rings. The van der Waals surface area contributed by atoms with Crippen molar-refractivity contribution in [2.45, 2.75) is 51.7 Å². The van der Waals surface area contributed by atoms with E-state index >= 15 is 0 Å². The van der Waals surface area contributed by atoms with Crippen LogP contribution in [0.4, 0.5) is 9.18 Å². The Bertz CT molecular complexity index is 938. The topological polar surface area (TPSA) is 58.6 Å². The van der Waals surface area contributed by atoms with E-state index in [4.69, 9.17) is 4.74 Å². The van der Waals surface area contributed by atoms with Crippen LogP contribution in [0.2, 0.25) is 0 Å². The zero-order valence-electron chi connectivity index (χ0n) is 18.7. The molecule has 1 fully saturated rings. The molecule has 2 amide bonds. The summed E-state index contributed by atoms with van der Waals surface area (Å²) in [6.45, 7) is 6.87. The number of ether oxygens (including phenoxy) is 1. The molecule has 172 valence electrons. The van der Waals surface area contributed by atoms with E-state index in [0.29, 0.717) is 28.1 Å². The number of hydrogen-bond donors (Lipinski definition) is 1. The number of benzene rings is 2. The standard InChI is InChI=1S/C25H30FIN2O3/c1-25(2,3)32-24(31)29-13-11-17(12-14-29)15-22(18-7-5-4-6-8-18)28-23(30)19-9-10-21(27)20(26)16-19/h4-10,16-17,22H,11-15H2,1-3H3,(H,28,30). The molecule has 0 spiro atoms. The summed E-state index contributed by atoms with van der Waals surface area (Å²) < 4.78 is 19.9. The second kappa shape index (κ2) is 10.6. The van der Waals surface area contributed by atoms with Crippen molar-refractivity contribution in [1.82, 2.24) is 10.2 Å². The lowest BCUT2D eigenvalue weighted by Crippen LogP contribution is -2.42. The number of piperidine rings is 1. The average molecular weight is 552 g/mol. The minimum atomic E-state index is -0.508. The van der Waals surface area contributed by atoms with Gasteiger partial charge in [0.15, 0.2) is 0 Å². The fourth-order valence-electron chi connectivity index (χ4n) is 3.85. The van der Waals surface area contributed by atoms with Gasteiger partial charge < -0.3 is 15.0 Å². The predicted molar refractivity (Wildman–Crippen MR) is 131 cm³/mol. The van der Waals surface area contributed by atoms with Crippen molar-refractivity contribution in [2.75, 3.05) is 13.1 Å². The van der Waals surface area contributed by atoms with Gasteiger partial charge in [0.25, 0.3) is 5.91 Å². The number of nitrogens with one attached hydrogen (secondary N) is 1. The van der Waals surface area contributed by atoms with Crippen LogP contribution in [-0.2, 0) is 4.74 Å². The summed E-state index contributed by atoms with van der Waals surface area (Å²) in [6.07, 6.45) is 2.17. The van der Waals surface area contributed by atoms with Gasteiger partial charge in [0.2, 0.25) is 0 Å². The van der Waals surface area contributed by atoms with E-state index in [0.717, 1.165) is 24.8 Å². The van der Waals surface area contributed by atoms with Crippen molar-refractivity contribution in [1.29, 1.82) is 0 Å². The van der Waals surface area contributed by atoms with Crippen molar-refractivity contribution >= 4 is 34.6 Å². The van der Waals surface area contributed by atoms with Crippen LogP contribution in [0.1, 0.15) is 62.0 Å². The molecule has 1 aliphatic heterocycles. The van der Waals surface area contributed by atoms with Gasteiger partial charge in [-0.3, -0.25) is 4.79 Å². The highest BCUT2D eigenvalue weighted by Crippen LogP contribution is 2.29. The summed E-state index contributed by atoms with van der Waals surface area (Å²) in [6, 6.07) is 14.2. The number of nitrogens with zero attached hydrogens (tertiary/aromatic N) is 1. The third-order valence-electron chi connectivity index (χ3n) is 5.52. The van der Waals surface area contributed by atoms with Crippen molar-refractivity contribution in [3.05, 3.63) is 69.0 Å². The maximum atomic E-state index is 13.9. The Morgan fingerprint density at radius 1 is 1.16 bits per heavy atom. The number of amides is 2. The van der Waals surface area contributed by atoms with Gasteiger partial charge in [-0.2, -0.15) is 0 Å². The third kappa shape index (κ3) is 6.92. The molecule has 1 heterocycles. The summed E-state index contributed by atoms with van der Waals surface area (Å²) in [4.78, 5) is 26.9. The number of likely N-dealkylation sites (tertiary alicyclic amines) is 1. The molecule has 3 rings (SSSR count). The predicted octanol–water partition coefficient (Wildman–Crippen LogP) is 5.94. The number of hydrogen-bond acceptors (Lipinski definition) is 3. The first-order valence-corrected chi connectivity index (χ1v) is 12.0. The molecule has 0 radical (unpaired) electrons. The average Bonchev–Trinajstić information content (AvgIpc) is 2.75. The first kappa shape index (κ1) is 24.5. The second-order valence-electron chi connectivity index (χ2n) is 9.21. The first-order chi connectivity index (χ1) is 15.1. The van der Waals surface area contributed by atoms with Gasteiger partial charge in [-0.1, -0.05) is 30.3 Å². The quantitative estimate of drug-likeness (QED) is 0.468. The number of carbonyl (C=O) groups excluding carboxylic acids is 2. The SMILES string of the molecule is CC(C)(C)OC(=O)N1CCC(CC(NC(=O)c2ccc(I)c(F)c2)c2ccccc2)CC1. The molecule has 1 atom stereocenters. The Labute approximate surface area is 202 Å². The zero-order valence-corrected chi connectivity index (χ0v) is 20.9. The molecular weight excluding hydrogens is 522 g/mol. The Hall–Kier alpha value is -2.16. The van der Waals surface area contributed by atoms with Crippen LogP contribution in [0.3, 0.4) is 0 Å². The number of rotatable bonds is 5. The van der Waals surface area contributed by atoms with Crippen LogP contribution in [0.15, 0.2) is 48.5 Å². The lowest BCUT2D eigenvalue weighted by atomic mass is 9.87. The van der Waals surface area contributed by atoms with E-state index in [1.807, 2.05) is 73.7 Å². The Kier molecular flexibility index (Phi) is 8.14. The van der Waals surface area contributed by atoms with E-state index < -0.39 is 11.4 Å². The summed E-state index contributed by atoms with van der Waals surface area (Å²) in [5.41, 5.74) is 0.816. The molecular formula is C25H30FIN2O3. The first-order valence-electron chi connectivity index (χ1n) is 10.9. The number of carbonyl (C=O) groups is 2. The van der Waals surface area contributed by atoms with Gasteiger partial charge in [-0.15, -0.1) is 0 Å². The molecule has 0 aliphatic carbocycles. The van der Waals surface area contributed by atoms with Crippen LogP contribution in [0.5, 0.6) is 0 Å². The van der Waals surface area contributed by atoms with Crippen LogP contribution in [-0.4, -0.2) is 35.6 Å². The second-order valence-corrected chi connectivity index (χ2v) is 10.4. The molecule has 0 aromatic heterocycles. The number of halogens is 2. The minimum Gasteiger partial charge on any atom is -0.444 e. The molecule has 2 aromatic carbocycles. The van der Waals surface area contributed by atoms with Crippen LogP contribution >= 0.6 is 22.6 Å². The van der Waals surface area contributed by atoms with E-state index in [-0.39, 0.29) is 18.0 Å². The molecule has 1 N–H and O–H groups in total. The monoisotopic (exact) mass is 552 g/mol. The van der Waals surface area contributed by atoms with E-state index in [9.17, 15) is 14.0 Å². The van der Waals surface area contributed by atoms with Crippen LogP contribution in [0.25, 0.3) is 0 Å². The molecule has 0 saturated carbocycles. The van der Waals surface area contributed by atoms with E-state index in [1.54, 1.807) is 17.0 Å². The van der Waals surface area contributed by atoms with E-state index in [2.05, 4.69) is 5.32 Å². The lowest BCUT2D eigenvalue weighted by Gasteiger charge is -2.35. The highest BCUT2D eigenvalue weighted by atomic mass is 127. The molecule has 5 nitrogen and oxygen atoms in total. The molecule has 1 unspecified atom stereocenters. The molecule has 0 bridgehead atoms. The molecule has 1 saturated heterocycles. The molecule has 2 aromatic rings. The summed E-state index contributed by atoms with van der Waals surface area (Å²) >= 11 is 1.91. The van der Waals surface area contributed by atoms with Gasteiger partial charge in [0.05, 0.1) is 6.04 Å². The molecule has 7 heteroatoms. The van der Waals surface area contributed by atoms with Gasteiger partial charge in [-0.05, 0) is 92.3 Å². The Morgan fingerprint density at radius 3 is 2.41 bits per heavy atom. The molecule has 32 heavy (non-hydrogen) atoms. The highest BCUT2D eigenvalue weighted by Gasteiger charge is 2.29. The van der Waals surface area contributed by atoms with Gasteiger partial charge in [0.1, 0.15) is 11.4 Å².